The van der Waals surface area contributed by atoms with Crippen LogP contribution in [0.2, 0.25) is 0 Å². The van der Waals surface area contributed by atoms with Crippen LogP contribution in [0.25, 0.3) is 0 Å². The van der Waals surface area contributed by atoms with E-state index >= 15 is 0 Å². The zero-order valence-electron chi connectivity index (χ0n) is 9.89. The minimum Gasteiger partial charge on any atom is -0.335 e. The number of carbonyl (C=O) groups excluding carboxylic acids is 1. The highest BCUT2D eigenvalue weighted by molar-refractivity contribution is 5.78. The van der Waals surface area contributed by atoms with Crippen LogP contribution in [-0.4, -0.2) is 22.3 Å². The maximum absolute atomic E-state index is 12.0. The Labute approximate surface area is 96.5 Å². The fourth-order valence-electron chi connectivity index (χ4n) is 2.28. The summed E-state index contributed by atoms with van der Waals surface area (Å²) in [4.78, 5) is 18.2. The summed E-state index contributed by atoms with van der Waals surface area (Å²) in [5.74, 6) is 0.337. The van der Waals surface area contributed by atoms with Gasteiger partial charge in [-0.15, -0.1) is 0 Å². The lowest BCUT2D eigenvalue weighted by atomic mass is 10.1. The number of rotatable bonds is 2. The van der Waals surface area contributed by atoms with E-state index in [0.717, 1.165) is 24.9 Å². The summed E-state index contributed by atoms with van der Waals surface area (Å²) >= 11 is 0. The van der Waals surface area contributed by atoms with Crippen molar-refractivity contribution >= 4 is 5.91 Å². The lowest BCUT2D eigenvalue weighted by Crippen LogP contribution is -2.33. The molecule has 1 aliphatic rings. The molecule has 0 bridgehead atoms. The average Bonchev–Trinajstić information content (AvgIpc) is 2.77. The van der Waals surface area contributed by atoms with Crippen LogP contribution in [0.5, 0.6) is 0 Å². The minimum atomic E-state index is 0.0808. The van der Waals surface area contributed by atoms with Crippen LogP contribution in [0.3, 0.4) is 0 Å². The number of aromatic nitrogens is 1. The van der Waals surface area contributed by atoms with Gasteiger partial charge in [0.05, 0.1) is 6.04 Å². The molecule has 1 atom stereocenters. The number of hydrogen-bond acceptors (Lipinski definition) is 2. The van der Waals surface area contributed by atoms with Crippen molar-refractivity contribution in [3.63, 3.8) is 0 Å². The molecule has 1 aromatic heterocycles. The topological polar surface area (TPSA) is 33.2 Å². The highest BCUT2D eigenvalue weighted by atomic mass is 16.2. The van der Waals surface area contributed by atoms with Gasteiger partial charge in [-0.1, -0.05) is 19.9 Å². The van der Waals surface area contributed by atoms with Gasteiger partial charge in [-0.3, -0.25) is 9.78 Å². The highest BCUT2D eigenvalue weighted by Gasteiger charge is 2.30. The van der Waals surface area contributed by atoms with E-state index in [4.69, 9.17) is 0 Å². The summed E-state index contributed by atoms with van der Waals surface area (Å²) in [6.45, 7) is 4.80. The van der Waals surface area contributed by atoms with Crippen LogP contribution >= 0.6 is 0 Å². The van der Waals surface area contributed by atoms with Crippen molar-refractivity contribution in [2.24, 2.45) is 5.92 Å². The van der Waals surface area contributed by atoms with Crippen molar-refractivity contribution in [1.82, 2.24) is 9.88 Å². The normalized spacial score (nSPS) is 20.4. The fourth-order valence-corrected chi connectivity index (χ4v) is 2.28. The molecule has 1 fully saturated rings. The molecule has 0 aromatic carbocycles. The van der Waals surface area contributed by atoms with Crippen molar-refractivity contribution in [3.05, 3.63) is 30.1 Å². The van der Waals surface area contributed by atoms with Gasteiger partial charge < -0.3 is 4.90 Å². The van der Waals surface area contributed by atoms with E-state index in [1.54, 1.807) is 6.20 Å². The Morgan fingerprint density at radius 2 is 2.38 bits per heavy atom. The third-order valence-corrected chi connectivity index (χ3v) is 3.10. The molecule has 0 radical (unpaired) electrons. The van der Waals surface area contributed by atoms with E-state index in [9.17, 15) is 4.79 Å². The first-order valence-electron chi connectivity index (χ1n) is 5.90. The predicted octanol–water partition coefficient (Wildman–Crippen LogP) is 2.40. The molecule has 16 heavy (non-hydrogen) atoms. The van der Waals surface area contributed by atoms with Crippen LogP contribution in [-0.2, 0) is 4.79 Å². The summed E-state index contributed by atoms with van der Waals surface area (Å²) in [7, 11) is 0. The summed E-state index contributed by atoms with van der Waals surface area (Å²) in [6.07, 6.45) is 5.80. The highest BCUT2D eigenvalue weighted by Crippen LogP contribution is 2.32. The Morgan fingerprint density at radius 1 is 1.56 bits per heavy atom. The molecule has 1 saturated heterocycles. The lowest BCUT2D eigenvalue weighted by molar-refractivity contribution is -0.135. The number of hydrogen-bond donors (Lipinski definition) is 0. The van der Waals surface area contributed by atoms with Gasteiger partial charge in [0.25, 0.3) is 0 Å². The zero-order chi connectivity index (χ0) is 11.5. The monoisotopic (exact) mass is 218 g/mol. The first-order valence-corrected chi connectivity index (χ1v) is 5.90. The van der Waals surface area contributed by atoms with Gasteiger partial charge in [-0.2, -0.15) is 0 Å². The molecule has 1 aromatic rings. The Bertz CT molecular complexity index is 361. The maximum Gasteiger partial charge on any atom is 0.225 e. The van der Waals surface area contributed by atoms with Crippen LogP contribution in [0, 0.1) is 5.92 Å². The van der Waals surface area contributed by atoms with E-state index in [1.165, 1.54) is 0 Å². The third-order valence-electron chi connectivity index (χ3n) is 3.10. The lowest BCUT2D eigenvalue weighted by Gasteiger charge is -2.26. The molecule has 1 amide bonds. The van der Waals surface area contributed by atoms with E-state index in [1.807, 2.05) is 31.0 Å². The van der Waals surface area contributed by atoms with Crippen molar-refractivity contribution in [1.29, 1.82) is 0 Å². The molecule has 86 valence electrons. The molecule has 1 unspecified atom stereocenters. The van der Waals surface area contributed by atoms with Crippen molar-refractivity contribution in [3.8, 4) is 0 Å². The molecule has 2 rings (SSSR count). The van der Waals surface area contributed by atoms with Gasteiger partial charge in [0.2, 0.25) is 5.91 Å². The molecule has 0 spiro atoms. The molecule has 2 heterocycles. The largest absolute Gasteiger partial charge is 0.335 e. The van der Waals surface area contributed by atoms with Crippen molar-refractivity contribution in [2.75, 3.05) is 6.54 Å². The van der Waals surface area contributed by atoms with Crippen LogP contribution in [0.1, 0.15) is 38.3 Å². The van der Waals surface area contributed by atoms with Gasteiger partial charge in [0.1, 0.15) is 0 Å². The average molecular weight is 218 g/mol. The van der Waals surface area contributed by atoms with Crippen LogP contribution in [0.4, 0.5) is 0 Å². The second-order valence-corrected chi connectivity index (χ2v) is 4.63. The second-order valence-electron chi connectivity index (χ2n) is 4.63. The molecular weight excluding hydrogens is 200 g/mol. The SMILES string of the molecule is CC(C)C(=O)N1CCCC1c1cccnc1. The zero-order valence-corrected chi connectivity index (χ0v) is 9.89. The fraction of sp³-hybridized carbons (Fsp3) is 0.538. The standard InChI is InChI=1S/C13H18N2O/c1-10(2)13(16)15-8-4-6-12(15)11-5-3-7-14-9-11/h3,5,7,9-10,12H,4,6,8H2,1-2H3. The van der Waals surface area contributed by atoms with E-state index in [0.29, 0.717) is 0 Å². The van der Waals surface area contributed by atoms with E-state index < -0.39 is 0 Å². The second kappa shape index (κ2) is 4.64. The molecule has 1 aliphatic heterocycles. The molecule has 0 aliphatic carbocycles. The number of amides is 1. The van der Waals surface area contributed by atoms with Gasteiger partial charge in [-0.05, 0) is 24.5 Å². The maximum atomic E-state index is 12.0. The van der Waals surface area contributed by atoms with E-state index in [2.05, 4.69) is 11.1 Å². The number of pyridine rings is 1. The van der Waals surface area contributed by atoms with Crippen molar-refractivity contribution < 1.29 is 4.79 Å². The third kappa shape index (κ3) is 2.08. The van der Waals surface area contributed by atoms with Crippen LogP contribution in [0.15, 0.2) is 24.5 Å². The van der Waals surface area contributed by atoms with E-state index in [-0.39, 0.29) is 17.9 Å². The first kappa shape index (κ1) is 11.1. The Morgan fingerprint density at radius 3 is 3.00 bits per heavy atom. The first-order chi connectivity index (χ1) is 7.70. The van der Waals surface area contributed by atoms with Gasteiger partial charge in [0.15, 0.2) is 0 Å². The number of nitrogens with zero attached hydrogens (tertiary/aromatic N) is 2. The quantitative estimate of drug-likeness (QED) is 0.763. The summed E-state index contributed by atoms with van der Waals surface area (Å²) in [5, 5.41) is 0. The summed E-state index contributed by atoms with van der Waals surface area (Å²) in [6, 6.07) is 4.23. The number of carbonyl (C=O) groups is 1. The Kier molecular flexibility index (Phi) is 3.22. The summed E-state index contributed by atoms with van der Waals surface area (Å²) in [5.41, 5.74) is 1.16. The molecule has 0 N–H and O–H groups in total. The van der Waals surface area contributed by atoms with Gasteiger partial charge in [0, 0.05) is 24.9 Å². The predicted molar refractivity (Wildman–Crippen MR) is 62.8 cm³/mol. The molecule has 3 heteroatoms. The van der Waals surface area contributed by atoms with Crippen molar-refractivity contribution in [2.45, 2.75) is 32.7 Å². The molecular formula is C13H18N2O. The Balaban J connectivity index is 2.19. The Hall–Kier alpha value is -1.38. The molecule has 0 saturated carbocycles. The van der Waals surface area contributed by atoms with Gasteiger partial charge in [-0.25, -0.2) is 0 Å². The van der Waals surface area contributed by atoms with Gasteiger partial charge >= 0.3 is 0 Å². The van der Waals surface area contributed by atoms with Crippen LogP contribution < -0.4 is 0 Å². The smallest absolute Gasteiger partial charge is 0.225 e. The summed E-state index contributed by atoms with van der Waals surface area (Å²) < 4.78 is 0. The minimum absolute atomic E-state index is 0.0808. The number of likely N-dealkylation sites (tertiary alicyclic amines) is 1. The molecule has 3 nitrogen and oxygen atoms in total.